The molecule has 5 nitrogen and oxygen atoms in total. The smallest absolute Gasteiger partial charge is 0.435 e. The van der Waals surface area contributed by atoms with Gasteiger partial charge in [-0.05, 0) is 47.7 Å². The average Bonchev–Trinajstić information content (AvgIpc) is 3.31. The number of thiophene rings is 1. The molecule has 9 heteroatoms. The molecule has 1 aromatic carbocycles. The SMILES string of the molecule is COc1cccc(C(C)NC(=O)c2cc(Cn3ccc(C(F)(F)F)n3)cs2)c1. The summed E-state index contributed by atoms with van der Waals surface area (Å²) in [5.41, 5.74) is 0.675. The van der Waals surface area contributed by atoms with Gasteiger partial charge in [0.2, 0.25) is 0 Å². The first-order chi connectivity index (χ1) is 13.3. The molecule has 3 rings (SSSR count). The van der Waals surface area contributed by atoms with Crippen molar-refractivity contribution in [3.05, 3.63) is 69.7 Å². The summed E-state index contributed by atoms with van der Waals surface area (Å²) in [6.07, 6.45) is -3.20. The number of hydrogen-bond acceptors (Lipinski definition) is 4. The maximum Gasteiger partial charge on any atom is 0.435 e. The molecule has 0 saturated carbocycles. The first-order valence-electron chi connectivity index (χ1n) is 8.39. The molecule has 148 valence electrons. The zero-order valence-corrected chi connectivity index (χ0v) is 16.0. The summed E-state index contributed by atoms with van der Waals surface area (Å²) in [5.74, 6) is 0.456. The fraction of sp³-hybridized carbons (Fsp3) is 0.263. The summed E-state index contributed by atoms with van der Waals surface area (Å²) in [4.78, 5) is 13.0. The highest BCUT2D eigenvalue weighted by Gasteiger charge is 2.33. The molecule has 1 atom stereocenters. The van der Waals surface area contributed by atoms with Crippen LogP contribution in [0.5, 0.6) is 5.75 Å². The van der Waals surface area contributed by atoms with Crippen LogP contribution < -0.4 is 10.1 Å². The van der Waals surface area contributed by atoms with Crippen LogP contribution in [0.4, 0.5) is 13.2 Å². The molecule has 0 aliphatic heterocycles. The first-order valence-corrected chi connectivity index (χ1v) is 9.27. The first kappa shape index (κ1) is 19.9. The van der Waals surface area contributed by atoms with E-state index in [4.69, 9.17) is 4.74 Å². The number of amides is 1. The van der Waals surface area contributed by atoms with Crippen molar-refractivity contribution in [1.29, 1.82) is 0 Å². The topological polar surface area (TPSA) is 56.1 Å². The Hall–Kier alpha value is -2.81. The van der Waals surface area contributed by atoms with E-state index in [1.54, 1.807) is 18.6 Å². The number of rotatable bonds is 6. The summed E-state index contributed by atoms with van der Waals surface area (Å²) < 4.78 is 44.3. The fourth-order valence-corrected chi connectivity index (χ4v) is 3.43. The summed E-state index contributed by atoms with van der Waals surface area (Å²) in [6, 6.07) is 9.77. The van der Waals surface area contributed by atoms with E-state index in [2.05, 4.69) is 10.4 Å². The van der Waals surface area contributed by atoms with Gasteiger partial charge in [-0.1, -0.05) is 12.1 Å². The second kappa shape index (κ2) is 8.05. The number of carbonyl (C=O) groups excluding carboxylic acids is 1. The van der Waals surface area contributed by atoms with Gasteiger partial charge in [0.1, 0.15) is 5.75 Å². The van der Waals surface area contributed by atoms with Crippen LogP contribution in [0, 0.1) is 0 Å². The van der Waals surface area contributed by atoms with Crippen molar-refractivity contribution in [3.8, 4) is 5.75 Å². The quantitative estimate of drug-likeness (QED) is 0.652. The lowest BCUT2D eigenvalue weighted by Gasteiger charge is -2.14. The third-order valence-electron chi connectivity index (χ3n) is 4.09. The van der Waals surface area contributed by atoms with Gasteiger partial charge < -0.3 is 10.1 Å². The van der Waals surface area contributed by atoms with E-state index < -0.39 is 11.9 Å². The largest absolute Gasteiger partial charge is 0.497 e. The van der Waals surface area contributed by atoms with Crippen molar-refractivity contribution in [2.24, 2.45) is 0 Å². The Morgan fingerprint density at radius 2 is 2.11 bits per heavy atom. The van der Waals surface area contributed by atoms with Gasteiger partial charge in [0.05, 0.1) is 24.6 Å². The van der Waals surface area contributed by atoms with Gasteiger partial charge in [-0.2, -0.15) is 18.3 Å². The van der Waals surface area contributed by atoms with Crippen molar-refractivity contribution in [2.45, 2.75) is 25.7 Å². The number of ether oxygens (including phenoxy) is 1. The Kier molecular flexibility index (Phi) is 5.73. The molecular weight excluding hydrogens is 391 g/mol. The number of aromatic nitrogens is 2. The second-order valence-corrected chi connectivity index (χ2v) is 7.10. The van der Waals surface area contributed by atoms with E-state index in [9.17, 15) is 18.0 Å². The van der Waals surface area contributed by atoms with Crippen LogP contribution in [0.2, 0.25) is 0 Å². The Balaban J connectivity index is 1.64. The van der Waals surface area contributed by atoms with Crippen molar-refractivity contribution in [2.75, 3.05) is 7.11 Å². The van der Waals surface area contributed by atoms with Gasteiger partial charge in [0, 0.05) is 6.20 Å². The molecular formula is C19H18F3N3O2S. The van der Waals surface area contributed by atoms with E-state index in [1.165, 1.54) is 22.2 Å². The Morgan fingerprint density at radius 3 is 2.79 bits per heavy atom. The minimum Gasteiger partial charge on any atom is -0.497 e. The third-order valence-corrected chi connectivity index (χ3v) is 5.07. The number of methoxy groups -OCH3 is 1. The summed E-state index contributed by atoms with van der Waals surface area (Å²) >= 11 is 1.23. The number of hydrogen-bond donors (Lipinski definition) is 1. The summed E-state index contributed by atoms with van der Waals surface area (Å²) in [5, 5.41) is 8.17. The molecule has 0 fully saturated rings. The number of carbonyl (C=O) groups is 1. The van der Waals surface area contributed by atoms with Crippen LogP contribution in [-0.2, 0) is 12.7 Å². The number of halogens is 3. The molecule has 0 aliphatic carbocycles. The van der Waals surface area contributed by atoms with Crippen LogP contribution in [0.15, 0.2) is 48.0 Å². The number of benzene rings is 1. The molecule has 28 heavy (non-hydrogen) atoms. The molecule has 0 spiro atoms. The van der Waals surface area contributed by atoms with E-state index in [-0.39, 0.29) is 18.5 Å². The molecule has 0 bridgehead atoms. The summed E-state index contributed by atoms with van der Waals surface area (Å²) in [7, 11) is 1.58. The minimum atomic E-state index is -4.47. The van der Waals surface area contributed by atoms with Crippen LogP contribution in [0.1, 0.15) is 39.5 Å². The van der Waals surface area contributed by atoms with Crippen LogP contribution >= 0.6 is 11.3 Å². The van der Waals surface area contributed by atoms with E-state index in [1.807, 2.05) is 31.2 Å². The lowest BCUT2D eigenvalue weighted by atomic mass is 10.1. The van der Waals surface area contributed by atoms with Crippen LogP contribution in [-0.4, -0.2) is 22.8 Å². The van der Waals surface area contributed by atoms with Crippen molar-refractivity contribution in [1.82, 2.24) is 15.1 Å². The predicted molar refractivity (Wildman–Crippen MR) is 99.5 cm³/mol. The Bertz CT molecular complexity index is 965. The average molecular weight is 409 g/mol. The highest BCUT2D eigenvalue weighted by Crippen LogP contribution is 2.27. The zero-order valence-electron chi connectivity index (χ0n) is 15.2. The molecule has 3 aromatic rings. The maximum absolute atomic E-state index is 12.6. The van der Waals surface area contributed by atoms with Gasteiger partial charge in [-0.15, -0.1) is 11.3 Å². The third kappa shape index (κ3) is 4.72. The molecule has 1 amide bonds. The van der Waals surface area contributed by atoms with E-state index >= 15 is 0 Å². The van der Waals surface area contributed by atoms with Crippen LogP contribution in [0.25, 0.3) is 0 Å². The molecule has 1 unspecified atom stereocenters. The zero-order chi connectivity index (χ0) is 20.3. The van der Waals surface area contributed by atoms with Gasteiger partial charge in [-0.3, -0.25) is 9.48 Å². The standard InChI is InChI=1S/C19H18F3N3O2S/c1-12(14-4-3-5-15(9-14)27-2)23-18(26)16-8-13(11-28-16)10-25-7-6-17(24-25)19(20,21)22/h3-9,11-12H,10H2,1-2H3,(H,23,26). The molecule has 2 aromatic heterocycles. The van der Waals surface area contributed by atoms with Gasteiger partial charge >= 0.3 is 6.18 Å². The Morgan fingerprint density at radius 1 is 1.32 bits per heavy atom. The molecule has 2 heterocycles. The van der Waals surface area contributed by atoms with Crippen molar-refractivity contribution < 1.29 is 22.7 Å². The minimum absolute atomic E-state index is 0.158. The fourth-order valence-electron chi connectivity index (χ4n) is 2.63. The predicted octanol–water partition coefficient (Wildman–Crippen LogP) is 4.51. The maximum atomic E-state index is 12.6. The van der Waals surface area contributed by atoms with E-state index in [0.717, 1.165) is 11.6 Å². The van der Waals surface area contributed by atoms with Gasteiger partial charge in [0.15, 0.2) is 5.69 Å². The monoisotopic (exact) mass is 409 g/mol. The number of nitrogens with one attached hydrogen (secondary N) is 1. The lowest BCUT2D eigenvalue weighted by molar-refractivity contribution is -0.141. The number of alkyl halides is 3. The van der Waals surface area contributed by atoms with Gasteiger partial charge in [0.25, 0.3) is 5.91 Å². The van der Waals surface area contributed by atoms with Gasteiger partial charge in [-0.25, -0.2) is 0 Å². The lowest BCUT2D eigenvalue weighted by Crippen LogP contribution is -2.25. The van der Waals surface area contributed by atoms with Crippen LogP contribution in [0.3, 0.4) is 0 Å². The Labute approximate surface area is 163 Å². The number of nitrogens with zero attached hydrogens (tertiary/aromatic N) is 2. The molecule has 0 radical (unpaired) electrons. The van der Waals surface area contributed by atoms with E-state index in [0.29, 0.717) is 16.2 Å². The van der Waals surface area contributed by atoms with Crippen molar-refractivity contribution in [3.63, 3.8) is 0 Å². The second-order valence-electron chi connectivity index (χ2n) is 6.19. The van der Waals surface area contributed by atoms with Crippen molar-refractivity contribution >= 4 is 17.2 Å². The normalized spacial score (nSPS) is 12.6. The highest BCUT2D eigenvalue weighted by molar-refractivity contribution is 7.12. The highest BCUT2D eigenvalue weighted by atomic mass is 32.1. The molecule has 1 N–H and O–H groups in total. The molecule has 0 aliphatic rings. The summed E-state index contributed by atoms with van der Waals surface area (Å²) in [6.45, 7) is 2.02. The molecule has 0 saturated heterocycles.